The predicted molar refractivity (Wildman–Crippen MR) is 119 cm³/mol. The summed E-state index contributed by atoms with van der Waals surface area (Å²) in [4.78, 5) is 30.3. The van der Waals surface area contributed by atoms with Gasteiger partial charge >= 0.3 is 0 Å². The van der Waals surface area contributed by atoms with E-state index < -0.39 is 0 Å². The second kappa shape index (κ2) is 12.4. The van der Waals surface area contributed by atoms with Gasteiger partial charge in [0.1, 0.15) is 0 Å². The van der Waals surface area contributed by atoms with Crippen molar-refractivity contribution in [3.8, 4) is 0 Å². The number of hydrogen-bond donors (Lipinski definition) is 2. The van der Waals surface area contributed by atoms with Gasteiger partial charge in [0, 0.05) is 53.1 Å². The van der Waals surface area contributed by atoms with E-state index >= 15 is 0 Å². The van der Waals surface area contributed by atoms with Crippen molar-refractivity contribution in [1.29, 1.82) is 0 Å². The molecule has 2 aliphatic heterocycles. The molecule has 8 nitrogen and oxygen atoms in total. The molecule has 2 N–H and O–H groups in total. The minimum Gasteiger partial charge on any atom is -0.381 e. The molecule has 2 heterocycles. The Kier molecular flexibility index (Phi) is 9.30. The van der Waals surface area contributed by atoms with E-state index in [0.29, 0.717) is 23.6 Å². The fourth-order valence-electron chi connectivity index (χ4n) is 3.81. The highest BCUT2D eigenvalue weighted by atomic mass is 16.5. The lowest BCUT2D eigenvalue weighted by Crippen LogP contribution is -2.38. The second-order valence-electron chi connectivity index (χ2n) is 7.92. The first kappa shape index (κ1) is 23.2. The largest absolute Gasteiger partial charge is 0.381 e. The van der Waals surface area contributed by atoms with Gasteiger partial charge in [0.25, 0.3) is 11.8 Å². The highest BCUT2D eigenvalue weighted by Gasteiger charge is 2.34. The number of benzene rings is 1. The molecule has 0 saturated carbocycles. The van der Waals surface area contributed by atoms with Gasteiger partial charge in [-0.2, -0.15) is 0 Å². The number of guanidine groups is 1. The maximum absolute atomic E-state index is 12.4. The highest BCUT2D eigenvalue weighted by Crippen LogP contribution is 2.22. The van der Waals surface area contributed by atoms with E-state index in [-0.39, 0.29) is 11.8 Å². The summed E-state index contributed by atoms with van der Waals surface area (Å²) < 4.78 is 11.1. The van der Waals surface area contributed by atoms with Crippen molar-refractivity contribution in [2.24, 2.45) is 10.9 Å². The fraction of sp³-hybridized carbons (Fsp3) is 0.609. The highest BCUT2D eigenvalue weighted by molar-refractivity contribution is 6.21. The van der Waals surface area contributed by atoms with E-state index in [1.54, 1.807) is 31.3 Å². The summed E-state index contributed by atoms with van der Waals surface area (Å²) in [5.41, 5.74) is 1.01. The first-order chi connectivity index (χ1) is 15.2. The molecule has 2 aliphatic rings. The number of ether oxygens (including phenoxy) is 2. The van der Waals surface area contributed by atoms with Crippen LogP contribution in [-0.4, -0.2) is 75.8 Å². The van der Waals surface area contributed by atoms with Gasteiger partial charge in [-0.25, -0.2) is 0 Å². The number of amides is 2. The molecule has 0 unspecified atom stereocenters. The molecule has 31 heavy (non-hydrogen) atoms. The number of carbonyl (C=O) groups excluding carboxylic acids is 2. The Morgan fingerprint density at radius 2 is 1.71 bits per heavy atom. The Morgan fingerprint density at radius 1 is 1.06 bits per heavy atom. The van der Waals surface area contributed by atoms with Gasteiger partial charge in [0.2, 0.25) is 0 Å². The molecule has 1 aromatic carbocycles. The zero-order valence-electron chi connectivity index (χ0n) is 18.4. The van der Waals surface area contributed by atoms with Crippen LogP contribution in [0, 0.1) is 5.92 Å². The van der Waals surface area contributed by atoms with E-state index in [1.807, 2.05) is 0 Å². The standard InChI is InChI=1S/C23H34N4O4/c1-24-23(26-12-6-14-31-17-18-9-15-30-16-10-18)25-11-4-5-13-27-21(28)19-7-2-3-8-20(19)22(27)29/h2-3,7-8,18H,4-6,9-17H2,1H3,(H2,24,25,26). The third-order valence-electron chi connectivity index (χ3n) is 5.66. The molecule has 0 radical (unpaired) electrons. The SMILES string of the molecule is CN=C(NCCCCN1C(=O)c2ccccc2C1=O)NCCCOCC1CCOCC1. The molecule has 0 aromatic heterocycles. The first-order valence-corrected chi connectivity index (χ1v) is 11.3. The van der Waals surface area contributed by atoms with Crippen LogP contribution in [0.5, 0.6) is 0 Å². The zero-order chi connectivity index (χ0) is 21.9. The van der Waals surface area contributed by atoms with Gasteiger partial charge in [-0.3, -0.25) is 19.5 Å². The summed E-state index contributed by atoms with van der Waals surface area (Å²) in [6.45, 7) is 5.23. The van der Waals surface area contributed by atoms with E-state index in [4.69, 9.17) is 9.47 Å². The van der Waals surface area contributed by atoms with Gasteiger partial charge < -0.3 is 20.1 Å². The maximum Gasteiger partial charge on any atom is 0.261 e. The second-order valence-corrected chi connectivity index (χ2v) is 7.92. The van der Waals surface area contributed by atoms with Crippen molar-refractivity contribution in [1.82, 2.24) is 15.5 Å². The van der Waals surface area contributed by atoms with Crippen molar-refractivity contribution >= 4 is 17.8 Å². The van der Waals surface area contributed by atoms with Crippen LogP contribution in [0.15, 0.2) is 29.3 Å². The smallest absolute Gasteiger partial charge is 0.261 e. The Morgan fingerprint density at radius 3 is 2.35 bits per heavy atom. The van der Waals surface area contributed by atoms with Crippen molar-refractivity contribution in [3.05, 3.63) is 35.4 Å². The van der Waals surface area contributed by atoms with Crippen LogP contribution >= 0.6 is 0 Å². The number of unbranched alkanes of at least 4 members (excludes halogenated alkanes) is 1. The average molecular weight is 431 g/mol. The van der Waals surface area contributed by atoms with Crippen LogP contribution in [0.3, 0.4) is 0 Å². The van der Waals surface area contributed by atoms with Crippen LogP contribution in [0.2, 0.25) is 0 Å². The number of rotatable bonds is 11. The minimum absolute atomic E-state index is 0.190. The summed E-state index contributed by atoms with van der Waals surface area (Å²) in [5, 5.41) is 6.56. The van der Waals surface area contributed by atoms with Crippen LogP contribution in [0.25, 0.3) is 0 Å². The predicted octanol–water partition coefficient (Wildman–Crippen LogP) is 2.06. The minimum atomic E-state index is -0.190. The molecule has 1 saturated heterocycles. The lowest BCUT2D eigenvalue weighted by atomic mass is 10.0. The van der Waals surface area contributed by atoms with Crippen molar-refractivity contribution in [2.75, 3.05) is 53.1 Å². The maximum atomic E-state index is 12.4. The van der Waals surface area contributed by atoms with E-state index in [1.165, 1.54) is 4.90 Å². The number of nitrogens with one attached hydrogen (secondary N) is 2. The van der Waals surface area contributed by atoms with Crippen LogP contribution < -0.4 is 10.6 Å². The molecular weight excluding hydrogens is 396 g/mol. The van der Waals surface area contributed by atoms with Gasteiger partial charge in [-0.05, 0) is 50.2 Å². The van der Waals surface area contributed by atoms with E-state index in [2.05, 4.69) is 15.6 Å². The number of fused-ring (bicyclic) bond motifs is 1. The third kappa shape index (κ3) is 6.77. The van der Waals surface area contributed by atoms with E-state index in [9.17, 15) is 9.59 Å². The Bertz CT molecular complexity index is 727. The van der Waals surface area contributed by atoms with Crippen LogP contribution in [0.4, 0.5) is 0 Å². The van der Waals surface area contributed by atoms with Crippen LogP contribution in [0.1, 0.15) is 52.8 Å². The zero-order valence-corrected chi connectivity index (χ0v) is 18.4. The quantitative estimate of drug-likeness (QED) is 0.242. The normalized spacial score (nSPS) is 17.2. The van der Waals surface area contributed by atoms with Crippen molar-refractivity contribution in [3.63, 3.8) is 0 Å². The number of imide groups is 1. The molecule has 0 aliphatic carbocycles. The molecule has 1 fully saturated rings. The molecule has 170 valence electrons. The summed E-state index contributed by atoms with van der Waals surface area (Å²) in [7, 11) is 1.75. The topological polar surface area (TPSA) is 92.3 Å². The lowest BCUT2D eigenvalue weighted by molar-refractivity contribution is 0.0203. The fourth-order valence-corrected chi connectivity index (χ4v) is 3.81. The van der Waals surface area contributed by atoms with Gasteiger partial charge in [0.05, 0.1) is 11.1 Å². The summed E-state index contributed by atoms with van der Waals surface area (Å²) in [6.07, 6.45) is 4.70. The van der Waals surface area contributed by atoms with E-state index in [0.717, 1.165) is 77.6 Å². The number of hydrogen-bond acceptors (Lipinski definition) is 5. The molecular formula is C23H34N4O4. The van der Waals surface area contributed by atoms with Gasteiger partial charge in [-0.1, -0.05) is 12.1 Å². The number of aliphatic imine (C=N–C) groups is 1. The molecule has 1 aromatic rings. The Labute approximate surface area is 184 Å². The Hall–Kier alpha value is -2.45. The number of carbonyl (C=O) groups is 2. The first-order valence-electron chi connectivity index (χ1n) is 11.3. The van der Waals surface area contributed by atoms with Crippen molar-refractivity contribution in [2.45, 2.75) is 32.1 Å². The van der Waals surface area contributed by atoms with Crippen LogP contribution in [-0.2, 0) is 9.47 Å². The van der Waals surface area contributed by atoms with Gasteiger partial charge in [-0.15, -0.1) is 0 Å². The van der Waals surface area contributed by atoms with Crippen molar-refractivity contribution < 1.29 is 19.1 Å². The lowest BCUT2D eigenvalue weighted by Gasteiger charge is -2.21. The van der Waals surface area contributed by atoms with Gasteiger partial charge in [0.15, 0.2) is 5.96 Å². The summed E-state index contributed by atoms with van der Waals surface area (Å²) in [5.74, 6) is 1.01. The third-order valence-corrected chi connectivity index (χ3v) is 5.66. The molecule has 0 bridgehead atoms. The number of nitrogens with zero attached hydrogens (tertiary/aromatic N) is 2. The average Bonchev–Trinajstić information content (AvgIpc) is 3.05. The summed E-state index contributed by atoms with van der Waals surface area (Å²) in [6, 6.07) is 6.99. The molecule has 2 amide bonds. The Balaban J connectivity index is 1.22. The summed E-state index contributed by atoms with van der Waals surface area (Å²) >= 11 is 0. The molecule has 0 atom stereocenters. The molecule has 3 rings (SSSR count). The molecule has 8 heteroatoms. The molecule has 0 spiro atoms. The monoisotopic (exact) mass is 430 g/mol.